The maximum atomic E-state index is 11.9. The van der Waals surface area contributed by atoms with Crippen LogP contribution in [0.3, 0.4) is 0 Å². The second-order valence-corrected chi connectivity index (χ2v) is 5.48. The highest BCUT2D eigenvalue weighted by molar-refractivity contribution is 6.14. The highest BCUT2D eigenvalue weighted by Crippen LogP contribution is 2.20. The first kappa shape index (κ1) is 15.8. The summed E-state index contributed by atoms with van der Waals surface area (Å²) in [5.41, 5.74) is -0.406. The van der Waals surface area contributed by atoms with Crippen molar-refractivity contribution in [2.45, 2.75) is 64.9 Å². The second kappa shape index (κ2) is 6.80. The van der Waals surface area contributed by atoms with Crippen LogP contribution in [0.5, 0.6) is 0 Å². The number of unbranched alkanes of at least 4 members (excludes halogenated alkanes) is 1. The van der Waals surface area contributed by atoms with Crippen LogP contribution in [0.25, 0.3) is 0 Å². The van der Waals surface area contributed by atoms with E-state index < -0.39 is 11.5 Å². The first-order chi connectivity index (χ1) is 8.87. The quantitative estimate of drug-likeness (QED) is 0.524. The number of imide groups is 3. The molecule has 0 bridgehead atoms. The molecule has 1 fully saturated rings. The van der Waals surface area contributed by atoms with E-state index in [2.05, 4.69) is 6.92 Å². The Bertz CT molecular complexity index is 346. The molecule has 5 nitrogen and oxygen atoms in total. The van der Waals surface area contributed by atoms with E-state index in [1.807, 2.05) is 13.8 Å². The number of likely N-dealkylation sites (tertiary alicyclic amines) is 1. The van der Waals surface area contributed by atoms with E-state index >= 15 is 0 Å². The Kier molecular flexibility index (Phi) is 5.66. The summed E-state index contributed by atoms with van der Waals surface area (Å²) >= 11 is 0. The number of rotatable bonds is 7. The third kappa shape index (κ3) is 4.74. The van der Waals surface area contributed by atoms with Gasteiger partial charge in [-0.3, -0.25) is 14.4 Å². The second-order valence-electron chi connectivity index (χ2n) is 5.48. The van der Waals surface area contributed by atoms with E-state index in [0.717, 1.165) is 17.7 Å². The topological polar surface area (TPSA) is 63.7 Å². The van der Waals surface area contributed by atoms with Crippen molar-refractivity contribution in [2.75, 3.05) is 6.61 Å². The molecule has 0 aliphatic carbocycles. The zero-order valence-corrected chi connectivity index (χ0v) is 12.0. The molecule has 1 aliphatic rings. The summed E-state index contributed by atoms with van der Waals surface area (Å²) in [6, 6.07) is 0. The minimum absolute atomic E-state index is 0.154. The van der Waals surface area contributed by atoms with E-state index in [-0.39, 0.29) is 31.1 Å². The summed E-state index contributed by atoms with van der Waals surface area (Å²) in [4.78, 5) is 35.5. The Morgan fingerprint density at radius 3 is 2.37 bits per heavy atom. The molecule has 0 saturated carbocycles. The summed E-state index contributed by atoms with van der Waals surface area (Å²) < 4.78 is 5.70. The molecule has 0 aromatic heterocycles. The highest BCUT2D eigenvalue weighted by Gasteiger charge is 2.34. The number of carbonyl (C=O) groups excluding carboxylic acids is 3. The van der Waals surface area contributed by atoms with E-state index in [9.17, 15) is 14.4 Å². The molecule has 0 N–H and O–H groups in total. The predicted molar refractivity (Wildman–Crippen MR) is 70.3 cm³/mol. The monoisotopic (exact) mass is 269 g/mol. The fourth-order valence-electron chi connectivity index (χ4n) is 1.94. The summed E-state index contributed by atoms with van der Waals surface area (Å²) in [5, 5.41) is 0. The van der Waals surface area contributed by atoms with Gasteiger partial charge in [0.25, 0.3) is 0 Å². The van der Waals surface area contributed by atoms with Crippen LogP contribution in [-0.2, 0) is 19.1 Å². The molecule has 5 heteroatoms. The molecule has 0 atom stereocenters. The van der Waals surface area contributed by atoms with E-state index in [1.54, 1.807) is 0 Å². The third-order valence-corrected chi connectivity index (χ3v) is 3.23. The van der Waals surface area contributed by atoms with Gasteiger partial charge in [0, 0.05) is 25.9 Å². The Hall–Kier alpha value is -1.23. The van der Waals surface area contributed by atoms with Gasteiger partial charge >= 0.3 is 0 Å². The maximum Gasteiger partial charge on any atom is 0.236 e. The molecular formula is C14H23NO4. The minimum Gasteiger partial charge on any atom is -0.376 e. The first-order valence-corrected chi connectivity index (χ1v) is 6.90. The highest BCUT2D eigenvalue weighted by atomic mass is 16.5. The largest absolute Gasteiger partial charge is 0.376 e. The van der Waals surface area contributed by atoms with Gasteiger partial charge in [-0.05, 0) is 26.7 Å². The molecule has 0 spiro atoms. The Labute approximate surface area is 114 Å². The predicted octanol–water partition coefficient (Wildman–Crippen LogP) is 2.04. The van der Waals surface area contributed by atoms with Gasteiger partial charge < -0.3 is 4.74 Å². The molecular weight excluding hydrogens is 246 g/mol. The molecule has 1 saturated heterocycles. The lowest BCUT2D eigenvalue weighted by molar-refractivity contribution is -0.150. The van der Waals surface area contributed by atoms with Gasteiger partial charge in [0.1, 0.15) is 0 Å². The molecule has 19 heavy (non-hydrogen) atoms. The van der Waals surface area contributed by atoms with Gasteiger partial charge in [0.15, 0.2) is 0 Å². The van der Waals surface area contributed by atoms with Gasteiger partial charge in [0.05, 0.1) is 5.60 Å². The Morgan fingerprint density at radius 1 is 1.26 bits per heavy atom. The molecule has 0 radical (unpaired) electrons. The lowest BCUT2D eigenvalue weighted by atomic mass is 10.0. The summed E-state index contributed by atoms with van der Waals surface area (Å²) in [6.07, 6.45) is 3.03. The molecule has 0 unspecified atom stereocenters. The first-order valence-electron chi connectivity index (χ1n) is 6.90. The van der Waals surface area contributed by atoms with E-state index in [4.69, 9.17) is 4.74 Å². The van der Waals surface area contributed by atoms with Crippen molar-refractivity contribution in [3.63, 3.8) is 0 Å². The van der Waals surface area contributed by atoms with Gasteiger partial charge in [-0.1, -0.05) is 13.3 Å². The van der Waals surface area contributed by atoms with Crippen LogP contribution in [0.1, 0.15) is 59.3 Å². The lowest BCUT2D eigenvalue weighted by Gasteiger charge is -2.25. The fraction of sp³-hybridized carbons (Fsp3) is 0.786. The SMILES string of the molecule is CCCCOC(C)(C)CCC(=O)N1C(=O)CCC1=O. The van der Waals surface area contributed by atoms with Gasteiger partial charge in [-0.15, -0.1) is 0 Å². The smallest absolute Gasteiger partial charge is 0.236 e. The normalized spacial score (nSPS) is 16.3. The Balaban J connectivity index is 2.40. The molecule has 108 valence electrons. The van der Waals surface area contributed by atoms with Crippen LogP contribution in [0, 0.1) is 0 Å². The summed E-state index contributed by atoms with van der Waals surface area (Å²) in [7, 11) is 0. The molecule has 0 aromatic rings. The van der Waals surface area contributed by atoms with Crippen molar-refractivity contribution in [3.05, 3.63) is 0 Å². The van der Waals surface area contributed by atoms with E-state index in [0.29, 0.717) is 13.0 Å². The maximum absolute atomic E-state index is 11.9. The van der Waals surface area contributed by atoms with Crippen molar-refractivity contribution in [1.82, 2.24) is 4.90 Å². The zero-order valence-electron chi connectivity index (χ0n) is 12.0. The standard InChI is InChI=1S/C14H23NO4/c1-4-5-10-19-14(2,3)9-8-13(18)15-11(16)6-7-12(15)17/h4-10H2,1-3H3. The van der Waals surface area contributed by atoms with Gasteiger partial charge in [0.2, 0.25) is 17.7 Å². The van der Waals surface area contributed by atoms with Crippen molar-refractivity contribution in [1.29, 1.82) is 0 Å². The van der Waals surface area contributed by atoms with Crippen LogP contribution in [0.2, 0.25) is 0 Å². The van der Waals surface area contributed by atoms with Crippen LogP contribution >= 0.6 is 0 Å². The number of ether oxygens (including phenoxy) is 1. The average Bonchev–Trinajstić information content (AvgIpc) is 2.66. The molecule has 0 aromatic carbocycles. The minimum atomic E-state index is -0.406. The summed E-state index contributed by atoms with van der Waals surface area (Å²) in [5.74, 6) is -1.15. The van der Waals surface area contributed by atoms with Gasteiger partial charge in [-0.2, -0.15) is 0 Å². The van der Waals surface area contributed by atoms with Crippen molar-refractivity contribution >= 4 is 17.7 Å². The number of hydrogen-bond donors (Lipinski definition) is 0. The third-order valence-electron chi connectivity index (χ3n) is 3.23. The molecule has 3 amide bonds. The summed E-state index contributed by atoms with van der Waals surface area (Å²) in [6.45, 7) is 6.59. The zero-order chi connectivity index (χ0) is 14.5. The lowest BCUT2D eigenvalue weighted by Crippen LogP contribution is -2.37. The number of hydrogen-bond acceptors (Lipinski definition) is 4. The number of carbonyl (C=O) groups is 3. The van der Waals surface area contributed by atoms with Crippen LogP contribution < -0.4 is 0 Å². The number of nitrogens with zero attached hydrogens (tertiary/aromatic N) is 1. The van der Waals surface area contributed by atoms with Gasteiger partial charge in [-0.25, -0.2) is 4.90 Å². The van der Waals surface area contributed by atoms with E-state index in [1.165, 1.54) is 0 Å². The molecule has 1 heterocycles. The fourth-order valence-corrected chi connectivity index (χ4v) is 1.94. The van der Waals surface area contributed by atoms with Crippen LogP contribution in [0.15, 0.2) is 0 Å². The van der Waals surface area contributed by atoms with Crippen LogP contribution in [-0.4, -0.2) is 34.8 Å². The number of amides is 3. The van der Waals surface area contributed by atoms with Crippen molar-refractivity contribution in [3.8, 4) is 0 Å². The molecule has 1 aliphatic heterocycles. The average molecular weight is 269 g/mol. The van der Waals surface area contributed by atoms with Crippen molar-refractivity contribution in [2.24, 2.45) is 0 Å². The van der Waals surface area contributed by atoms with Crippen LogP contribution in [0.4, 0.5) is 0 Å². The van der Waals surface area contributed by atoms with Crippen molar-refractivity contribution < 1.29 is 19.1 Å². The Morgan fingerprint density at radius 2 is 1.84 bits per heavy atom. The molecule has 1 rings (SSSR count).